The van der Waals surface area contributed by atoms with Crippen molar-refractivity contribution in [1.82, 2.24) is 19.7 Å². The van der Waals surface area contributed by atoms with Crippen LogP contribution in [0, 0.1) is 5.82 Å². The summed E-state index contributed by atoms with van der Waals surface area (Å²) < 4.78 is 21.1. The van der Waals surface area contributed by atoms with Crippen LogP contribution in [0.4, 0.5) is 4.39 Å². The van der Waals surface area contributed by atoms with Gasteiger partial charge in [-0.05, 0) is 55.8 Å². The quantitative estimate of drug-likeness (QED) is 0.555. The summed E-state index contributed by atoms with van der Waals surface area (Å²) in [5, 5.41) is 9.72. The SMILES string of the molecule is COc1ccc(CSc2nnc(CN3CCCC3)n2-c2ccccc2)cc1F. The predicted octanol–water partition coefficient (Wildman–Crippen LogP) is 4.30. The molecule has 1 aliphatic rings. The first-order valence-electron chi connectivity index (χ1n) is 9.42. The van der Waals surface area contributed by atoms with Gasteiger partial charge in [0.2, 0.25) is 0 Å². The molecule has 2 aromatic carbocycles. The lowest BCUT2D eigenvalue weighted by molar-refractivity contribution is 0.319. The first kappa shape index (κ1) is 19.0. The molecule has 1 saturated heterocycles. The number of rotatable bonds is 7. The van der Waals surface area contributed by atoms with Crippen LogP contribution in [0.5, 0.6) is 5.75 Å². The molecule has 0 unspecified atom stereocenters. The molecule has 0 N–H and O–H groups in total. The van der Waals surface area contributed by atoms with Crippen LogP contribution < -0.4 is 4.74 Å². The summed E-state index contributed by atoms with van der Waals surface area (Å²) in [5.41, 5.74) is 1.93. The first-order chi connectivity index (χ1) is 13.7. The Morgan fingerprint density at radius 1 is 1.07 bits per heavy atom. The van der Waals surface area contributed by atoms with Gasteiger partial charge in [0, 0.05) is 11.4 Å². The van der Waals surface area contributed by atoms with Crippen molar-refractivity contribution in [2.75, 3.05) is 20.2 Å². The highest BCUT2D eigenvalue weighted by molar-refractivity contribution is 7.98. The van der Waals surface area contributed by atoms with E-state index in [4.69, 9.17) is 4.74 Å². The zero-order chi connectivity index (χ0) is 19.3. The smallest absolute Gasteiger partial charge is 0.196 e. The van der Waals surface area contributed by atoms with Crippen molar-refractivity contribution in [2.24, 2.45) is 0 Å². The number of benzene rings is 2. The number of likely N-dealkylation sites (tertiary alicyclic amines) is 1. The number of methoxy groups -OCH3 is 1. The van der Waals surface area contributed by atoms with Gasteiger partial charge in [-0.1, -0.05) is 36.0 Å². The van der Waals surface area contributed by atoms with Gasteiger partial charge < -0.3 is 4.74 Å². The molecule has 0 atom stereocenters. The van der Waals surface area contributed by atoms with E-state index in [1.54, 1.807) is 17.8 Å². The summed E-state index contributed by atoms with van der Waals surface area (Å²) in [6.07, 6.45) is 2.48. The molecule has 0 spiro atoms. The molecule has 0 bridgehead atoms. The zero-order valence-corrected chi connectivity index (χ0v) is 16.7. The summed E-state index contributed by atoms with van der Waals surface area (Å²) in [6, 6.07) is 15.2. The highest BCUT2D eigenvalue weighted by Gasteiger charge is 2.19. The van der Waals surface area contributed by atoms with Crippen molar-refractivity contribution >= 4 is 11.8 Å². The van der Waals surface area contributed by atoms with Gasteiger partial charge in [0.1, 0.15) is 0 Å². The standard InChI is InChI=1S/C21H23FN4OS/c1-27-19-10-9-16(13-18(19)22)15-28-21-24-23-20(14-25-11-5-6-12-25)26(21)17-7-3-2-4-8-17/h2-4,7-10,13H,5-6,11-12,14-15H2,1H3. The largest absolute Gasteiger partial charge is 0.494 e. The van der Waals surface area contributed by atoms with E-state index in [-0.39, 0.29) is 11.6 Å². The number of nitrogens with zero attached hydrogens (tertiary/aromatic N) is 4. The Hall–Kier alpha value is -2.38. The normalized spacial score (nSPS) is 14.5. The van der Waals surface area contributed by atoms with Crippen molar-refractivity contribution in [1.29, 1.82) is 0 Å². The number of hydrogen-bond acceptors (Lipinski definition) is 5. The van der Waals surface area contributed by atoms with Gasteiger partial charge in [-0.2, -0.15) is 0 Å². The lowest BCUT2D eigenvalue weighted by Crippen LogP contribution is -2.21. The van der Waals surface area contributed by atoms with E-state index in [1.807, 2.05) is 24.3 Å². The predicted molar refractivity (Wildman–Crippen MR) is 108 cm³/mol. The van der Waals surface area contributed by atoms with E-state index >= 15 is 0 Å². The Labute approximate surface area is 168 Å². The Morgan fingerprint density at radius 3 is 2.57 bits per heavy atom. The van der Waals surface area contributed by atoms with Crippen molar-refractivity contribution in [3.8, 4) is 11.4 Å². The van der Waals surface area contributed by atoms with Gasteiger partial charge in [0.25, 0.3) is 0 Å². The van der Waals surface area contributed by atoms with Crippen LogP contribution in [-0.4, -0.2) is 39.9 Å². The molecular formula is C21H23FN4OS. The van der Waals surface area contributed by atoms with E-state index in [2.05, 4.69) is 31.8 Å². The van der Waals surface area contributed by atoms with Crippen LogP contribution in [0.15, 0.2) is 53.7 Å². The molecular weight excluding hydrogens is 375 g/mol. The maximum absolute atomic E-state index is 14.0. The van der Waals surface area contributed by atoms with Gasteiger partial charge in [0.15, 0.2) is 22.5 Å². The molecule has 0 aliphatic carbocycles. The lowest BCUT2D eigenvalue weighted by Gasteiger charge is -2.16. The molecule has 146 valence electrons. The van der Waals surface area contributed by atoms with Crippen LogP contribution in [0.3, 0.4) is 0 Å². The minimum atomic E-state index is -0.347. The second-order valence-corrected chi connectivity index (χ2v) is 7.75. The van der Waals surface area contributed by atoms with Gasteiger partial charge in [-0.15, -0.1) is 10.2 Å². The maximum Gasteiger partial charge on any atom is 0.196 e. The highest BCUT2D eigenvalue weighted by atomic mass is 32.2. The fraction of sp³-hybridized carbons (Fsp3) is 0.333. The molecule has 2 heterocycles. The van der Waals surface area contributed by atoms with E-state index in [0.717, 1.165) is 41.9 Å². The highest BCUT2D eigenvalue weighted by Crippen LogP contribution is 2.28. The summed E-state index contributed by atoms with van der Waals surface area (Å²) in [7, 11) is 1.47. The third kappa shape index (κ3) is 4.20. The van der Waals surface area contributed by atoms with Gasteiger partial charge >= 0.3 is 0 Å². The fourth-order valence-corrected chi connectivity index (χ4v) is 4.33. The number of hydrogen-bond donors (Lipinski definition) is 0. The van der Waals surface area contributed by atoms with Crippen molar-refractivity contribution in [3.63, 3.8) is 0 Å². The van der Waals surface area contributed by atoms with E-state index < -0.39 is 0 Å². The summed E-state index contributed by atoms with van der Waals surface area (Å²) in [5.74, 6) is 1.46. The monoisotopic (exact) mass is 398 g/mol. The molecule has 1 aromatic heterocycles. The van der Waals surface area contributed by atoms with Gasteiger partial charge in [-0.25, -0.2) is 4.39 Å². The van der Waals surface area contributed by atoms with Gasteiger partial charge in [-0.3, -0.25) is 9.47 Å². The Morgan fingerprint density at radius 2 is 1.86 bits per heavy atom. The molecule has 0 saturated carbocycles. The van der Waals surface area contributed by atoms with E-state index in [9.17, 15) is 4.39 Å². The van der Waals surface area contributed by atoms with Crippen LogP contribution in [0.2, 0.25) is 0 Å². The number of para-hydroxylation sites is 1. The topological polar surface area (TPSA) is 43.2 Å². The van der Waals surface area contributed by atoms with E-state index in [1.165, 1.54) is 26.0 Å². The molecule has 1 fully saturated rings. The zero-order valence-electron chi connectivity index (χ0n) is 15.8. The molecule has 3 aromatic rings. The van der Waals surface area contributed by atoms with Crippen LogP contribution in [0.1, 0.15) is 24.2 Å². The number of halogens is 1. The third-order valence-electron chi connectivity index (χ3n) is 4.86. The molecule has 5 nitrogen and oxygen atoms in total. The van der Waals surface area contributed by atoms with Crippen molar-refractivity contribution in [2.45, 2.75) is 30.3 Å². The molecule has 1 aliphatic heterocycles. The Kier molecular flexibility index (Phi) is 5.92. The number of aromatic nitrogens is 3. The van der Waals surface area contributed by atoms with Gasteiger partial charge in [0.05, 0.1) is 13.7 Å². The maximum atomic E-state index is 14.0. The summed E-state index contributed by atoms with van der Waals surface area (Å²) >= 11 is 1.56. The van der Waals surface area contributed by atoms with E-state index in [0.29, 0.717) is 5.75 Å². The summed E-state index contributed by atoms with van der Waals surface area (Å²) in [4.78, 5) is 2.41. The second kappa shape index (κ2) is 8.75. The fourth-order valence-electron chi connectivity index (χ4n) is 3.42. The summed E-state index contributed by atoms with van der Waals surface area (Å²) in [6.45, 7) is 3.00. The molecule has 0 amide bonds. The minimum Gasteiger partial charge on any atom is -0.494 e. The number of thioether (sulfide) groups is 1. The number of ether oxygens (including phenoxy) is 1. The van der Waals surface area contributed by atoms with Crippen molar-refractivity contribution in [3.05, 3.63) is 65.7 Å². The lowest BCUT2D eigenvalue weighted by atomic mass is 10.2. The van der Waals surface area contributed by atoms with Crippen molar-refractivity contribution < 1.29 is 9.13 Å². The minimum absolute atomic E-state index is 0.258. The Bertz CT molecular complexity index is 925. The molecule has 4 rings (SSSR count). The second-order valence-electron chi connectivity index (χ2n) is 6.81. The van der Waals surface area contributed by atoms with Crippen LogP contribution >= 0.6 is 11.8 Å². The average molecular weight is 399 g/mol. The van der Waals surface area contributed by atoms with Crippen LogP contribution in [-0.2, 0) is 12.3 Å². The molecule has 28 heavy (non-hydrogen) atoms. The van der Waals surface area contributed by atoms with Crippen LogP contribution in [0.25, 0.3) is 5.69 Å². The average Bonchev–Trinajstić information content (AvgIpc) is 3.37. The molecule has 0 radical (unpaired) electrons. The third-order valence-corrected chi connectivity index (χ3v) is 5.86. The molecule has 7 heteroatoms. The Balaban J connectivity index is 1.57. The first-order valence-corrected chi connectivity index (χ1v) is 10.4.